The van der Waals surface area contributed by atoms with Crippen molar-refractivity contribution >= 4 is 11.6 Å². The molecule has 0 atom stereocenters. The zero-order valence-electron chi connectivity index (χ0n) is 14.3. The molecule has 0 aliphatic rings. The lowest BCUT2D eigenvalue weighted by Crippen LogP contribution is -2.36. The average molecular weight is 317 g/mol. The third kappa shape index (κ3) is 8.34. The molecular weight excluding hydrogens is 290 g/mol. The Balaban J connectivity index is 2.48. The Morgan fingerprint density at radius 1 is 1.26 bits per heavy atom. The first-order chi connectivity index (χ1) is 10.8. The van der Waals surface area contributed by atoms with Crippen LogP contribution in [0.25, 0.3) is 0 Å². The molecule has 1 amide bonds. The van der Waals surface area contributed by atoms with Gasteiger partial charge in [0.2, 0.25) is 5.91 Å². The van der Waals surface area contributed by atoms with Crippen LogP contribution in [0.5, 0.6) is 0 Å². The molecule has 0 spiro atoms. The molecule has 5 nitrogen and oxygen atoms in total. The van der Waals surface area contributed by atoms with Crippen molar-refractivity contribution in [3.05, 3.63) is 29.8 Å². The highest BCUT2D eigenvalue weighted by Gasteiger charge is 2.17. The maximum absolute atomic E-state index is 12.1. The molecule has 5 heteroatoms. The number of amides is 1. The number of hydrogen-bond donors (Lipinski definition) is 2. The zero-order chi connectivity index (χ0) is 17.3. The molecule has 0 fully saturated rings. The predicted molar refractivity (Wildman–Crippen MR) is 92.0 cm³/mol. The van der Waals surface area contributed by atoms with Crippen molar-refractivity contribution in [1.29, 1.82) is 5.26 Å². The number of carbonyl (C=O) groups excluding carboxylic acids is 1. The van der Waals surface area contributed by atoms with E-state index in [0.29, 0.717) is 30.6 Å². The summed E-state index contributed by atoms with van der Waals surface area (Å²) < 4.78 is 0. The maximum Gasteiger partial charge on any atom is 0.225 e. The van der Waals surface area contributed by atoms with Crippen LogP contribution in [0.1, 0.15) is 39.2 Å². The molecule has 0 saturated carbocycles. The van der Waals surface area contributed by atoms with E-state index < -0.39 is 0 Å². The topological polar surface area (TPSA) is 76.4 Å². The summed E-state index contributed by atoms with van der Waals surface area (Å²) in [5, 5.41) is 20.6. The van der Waals surface area contributed by atoms with E-state index in [2.05, 4.69) is 31.0 Å². The second kappa shape index (κ2) is 9.29. The van der Waals surface area contributed by atoms with Crippen LogP contribution in [-0.4, -0.2) is 42.2 Å². The summed E-state index contributed by atoms with van der Waals surface area (Å²) in [4.78, 5) is 14.3. The molecule has 1 aromatic carbocycles. The standard InChI is InChI=1S/C18H27N3O2/c1-18(2,3)14-21(10-4-12-22)11-9-17(23)20-16-7-5-15(13-19)6-8-16/h5-8,22H,4,9-12,14H2,1-3H3,(H,20,23). The molecular formula is C18H27N3O2. The summed E-state index contributed by atoms with van der Waals surface area (Å²) in [5.74, 6) is -0.0439. The highest BCUT2D eigenvalue weighted by molar-refractivity contribution is 5.90. The first-order valence-electron chi connectivity index (χ1n) is 7.97. The third-order valence-corrected chi connectivity index (χ3v) is 3.28. The molecule has 2 N–H and O–H groups in total. The average Bonchev–Trinajstić information content (AvgIpc) is 2.49. The van der Waals surface area contributed by atoms with Crippen LogP contribution in [0.2, 0.25) is 0 Å². The third-order valence-electron chi connectivity index (χ3n) is 3.28. The van der Waals surface area contributed by atoms with Gasteiger partial charge in [-0.25, -0.2) is 0 Å². The van der Waals surface area contributed by atoms with Gasteiger partial charge in [-0.05, 0) is 36.1 Å². The number of carbonyl (C=O) groups is 1. The summed E-state index contributed by atoms with van der Waals surface area (Å²) in [7, 11) is 0. The Morgan fingerprint density at radius 2 is 1.91 bits per heavy atom. The monoisotopic (exact) mass is 317 g/mol. The Hall–Kier alpha value is -1.90. The van der Waals surface area contributed by atoms with E-state index in [4.69, 9.17) is 10.4 Å². The number of hydrogen-bond acceptors (Lipinski definition) is 4. The summed E-state index contributed by atoms with van der Waals surface area (Å²) in [5.41, 5.74) is 1.43. The van der Waals surface area contributed by atoms with Gasteiger partial charge in [-0.2, -0.15) is 5.26 Å². The van der Waals surface area contributed by atoms with Crippen LogP contribution in [0.15, 0.2) is 24.3 Å². The van der Waals surface area contributed by atoms with E-state index in [1.165, 1.54) is 0 Å². The van der Waals surface area contributed by atoms with Crippen LogP contribution in [0, 0.1) is 16.7 Å². The Morgan fingerprint density at radius 3 is 2.43 bits per heavy atom. The van der Waals surface area contributed by atoms with E-state index in [1.54, 1.807) is 24.3 Å². The molecule has 0 radical (unpaired) electrons. The van der Waals surface area contributed by atoms with Crippen molar-refractivity contribution in [2.45, 2.75) is 33.6 Å². The van der Waals surface area contributed by atoms with Crippen LogP contribution in [-0.2, 0) is 4.79 Å². The molecule has 0 bridgehead atoms. The quantitative estimate of drug-likeness (QED) is 0.773. The highest BCUT2D eigenvalue weighted by atomic mass is 16.3. The number of rotatable bonds is 8. The van der Waals surface area contributed by atoms with Gasteiger partial charge in [0.15, 0.2) is 0 Å². The number of benzene rings is 1. The van der Waals surface area contributed by atoms with Gasteiger partial charge in [0.25, 0.3) is 0 Å². The molecule has 126 valence electrons. The first-order valence-corrected chi connectivity index (χ1v) is 7.97. The summed E-state index contributed by atoms with van der Waals surface area (Å²) in [6.07, 6.45) is 1.12. The van der Waals surface area contributed by atoms with E-state index >= 15 is 0 Å². The van der Waals surface area contributed by atoms with Crippen LogP contribution < -0.4 is 5.32 Å². The Kier molecular flexibility index (Phi) is 7.73. The summed E-state index contributed by atoms with van der Waals surface area (Å²) in [6.45, 7) is 8.99. The largest absolute Gasteiger partial charge is 0.396 e. The van der Waals surface area contributed by atoms with Gasteiger partial charge < -0.3 is 15.3 Å². The minimum atomic E-state index is -0.0439. The maximum atomic E-state index is 12.1. The zero-order valence-corrected chi connectivity index (χ0v) is 14.3. The lowest BCUT2D eigenvalue weighted by molar-refractivity contribution is -0.116. The minimum absolute atomic E-state index is 0.0439. The van der Waals surface area contributed by atoms with Crippen molar-refractivity contribution < 1.29 is 9.90 Å². The smallest absolute Gasteiger partial charge is 0.225 e. The normalized spacial score (nSPS) is 11.3. The van der Waals surface area contributed by atoms with Crippen molar-refractivity contribution in [2.75, 3.05) is 31.6 Å². The van der Waals surface area contributed by atoms with Gasteiger partial charge >= 0.3 is 0 Å². The van der Waals surface area contributed by atoms with Gasteiger partial charge in [0.05, 0.1) is 11.6 Å². The van der Waals surface area contributed by atoms with Crippen LogP contribution >= 0.6 is 0 Å². The SMILES string of the molecule is CC(C)(C)CN(CCCO)CCC(=O)Nc1ccc(C#N)cc1. The van der Waals surface area contributed by atoms with Crippen LogP contribution in [0.3, 0.4) is 0 Å². The molecule has 1 rings (SSSR count). The first kappa shape index (κ1) is 19.1. The highest BCUT2D eigenvalue weighted by Crippen LogP contribution is 2.16. The molecule has 0 aliphatic heterocycles. The Labute approximate surface area is 138 Å². The van der Waals surface area contributed by atoms with Gasteiger partial charge in [0, 0.05) is 38.3 Å². The number of nitrogens with one attached hydrogen (secondary N) is 1. The fourth-order valence-electron chi connectivity index (χ4n) is 2.35. The molecule has 0 aromatic heterocycles. The van der Waals surface area contributed by atoms with Gasteiger partial charge in [-0.3, -0.25) is 4.79 Å². The number of aliphatic hydroxyl groups is 1. The van der Waals surface area contributed by atoms with Crippen molar-refractivity contribution in [2.24, 2.45) is 5.41 Å². The van der Waals surface area contributed by atoms with Gasteiger partial charge in [-0.15, -0.1) is 0 Å². The minimum Gasteiger partial charge on any atom is -0.396 e. The number of nitriles is 1. The number of nitrogens with zero attached hydrogens (tertiary/aromatic N) is 2. The molecule has 0 aliphatic carbocycles. The van der Waals surface area contributed by atoms with Gasteiger partial charge in [-0.1, -0.05) is 20.8 Å². The van der Waals surface area contributed by atoms with E-state index in [0.717, 1.165) is 13.1 Å². The molecule has 0 saturated heterocycles. The second-order valence-corrected chi connectivity index (χ2v) is 6.90. The molecule has 1 aromatic rings. The lowest BCUT2D eigenvalue weighted by atomic mass is 9.96. The predicted octanol–water partition coefficient (Wildman–Crippen LogP) is 2.62. The fourth-order valence-corrected chi connectivity index (χ4v) is 2.35. The molecule has 0 heterocycles. The van der Waals surface area contributed by atoms with E-state index in [9.17, 15) is 4.79 Å². The molecule has 0 unspecified atom stereocenters. The van der Waals surface area contributed by atoms with Crippen molar-refractivity contribution in [3.8, 4) is 6.07 Å². The van der Waals surface area contributed by atoms with Crippen molar-refractivity contribution in [3.63, 3.8) is 0 Å². The van der Waals surface area contributed by atoms with Gasteiger partial charge in [0.1, 0.15) is 0 Å². The number of anilines is 1. The van der Waals surface area contributed by atoms with E-state index in [1.807, 2.05) is 6.07 Å². The Bertz CT molecular complexity index is 527. The van der Waals surface area contributed by atoms with E-state index in [-0.39, 0.29) is 17.9 Å². The number of aliphatic hydroxyl groups excluding tert-OH is 1. The molecule has 23 heavy (non-hydrogen) atoms. The fraction of sp³-hybridized carbons (Fsp3) is 0.556. The van der Waals surface area contributed by atoms with Crippen LogP contribution in [0.4, 0.5) is 5.69 Å². The summed E-state index contributed by atoms with van der Waals surface area (Å²) >= 11 is 0. The lowest BCUT2D eigenvalue weighted by Gasteiger charge is -2.29. The second-order valence-electron chi connectivity index (χ2n) is 6.90. The summed E-state index contributed by atoms with van der Waals surface area (Å²) in [6, 6.07) is 8.88. The van der Waals surface area contributed by atoms with Crippen molar-refractivity contribution in [1.82, 2.24) is 4.90 Å².